The van der Waals surface area contributed by atoms with Crippen LogP contribution < -0.4 is 0 Å². The van der Waals surface area contributed by atoms with E-state index in [4.69, 9.17) is 0 Å². The highest BCUT2D eigenvalue weighted by Gasteiger charge is 1.90. The van der Waals surface area contributed by atoms with Gasteiger partial charge in [-0.05, 0) is 31.2 Å². The monoisotopic (exact) mass is 229 g/mol. The lowest BCUT2D eigenvalue weighted by Crippen LogP contribution is -1.73. The van der Waals surface area contributed by atoms with E-state index >= 15 is 0 Å². The smallest absolute Gasteiger partial charge is 0.0775 e. The highest BCUT2D eigenvalue weighted by Crippen LogP contribution is 2.13. The maximum atomic E-state index is 3.94. The first-order chi connectivity index (χ1) is 7.84. The van der Waals surface area contributed by atoms with Gasteiger partial charge in [0, 0.05) is 22.8 Å². The van der Waals surface area contributed by atoms with Crippen molar-refractivity contribution in [2.75, 3.05) is 0 Å². The maximum absolute atomic E-state index is 3.94. The third-order valence-electron chi connectivity index (χ3n) is 1.75. The fraction of sp³-hybridized carbons (Fsp3) is 0.214. The molecular formula is C14H15NS. The van der Waals surface area contributed by atoms with Crippen LogP contribution in [-0.4, -0.2) is 4.98 Å². The zero-order valence-corrected chi connectivity index (χ0v) is 10.6. The molecule has 82 valence electrons. The Hall–Kier alpha value is -1.59. The third kappa shape index (κ3) is 3.88. The van der Waals surface area contributed by atoms with Gasteiger partial charge in [0.2, 0.25) is 0 Å². The van der Waals surface area contributed by atoms with E-state index in [0.717, 1.165) is 10.4 Å². The van der Waals surface area contributed by atoms with E-state index in [9.17, 15) is 0 Å². The summed E-state index contributed by atoms with van der Waals surface area (Å²) in [5.41, 5.74) is 1.01. The van der Waals surface area contributed by atoms with Crippen LogP contribution in [0.4, 0.5) is 0 Å². The quantitative estimate of drug-likeness (QED) is 0.625. The van der Waals surface area contributed by atoms with Gasteiger partial charge in [0.05, 0.1) is 4.88 Å². The van der Waals surface area contributed by atoms with Crippen molar-refractivity contribution in [2.45, 2.75) is 20.8 Å². The lowest BCUT2D eigenvalue weighted by molar-refractivity contribution is 1.32. The highest BCUT2D eigenvalue weighted by molar-refractivity contribution is 7.12. The number of thiophene rings is 1. The Labute approximate surface area is 101 Å². The average Bonchev–Trinajstić information content (AvgIpc) is 2.77. The molecule has 0 saturated heterocycles. The Kier molecular flexibility index (Phi) is 5.31. The van der Waals surface area contributed by atoms with Crippen molar-refractivity contribution >= 4 is 11.3 Å². The summed E-state index contributed by atoms with van der Waals surface area (Å²) in [7, 11) is 0. The maximum Gasteiger partial charge on any atom is 0.0775 e. The summed E-state index contributed by atoms with van der Waals surface area (Å²) in [5.74, 6) is 6.22. The molecule has 0 radical (unpaired) electrons. The van der Waals surface area contributed by atoms with Crippen LogP contribution in [0.5, 0.6) is 0 Å². The van der Waals surface area contributed by atoms with Crippen molar-refractivity contribution in [3.63, 3.8) is 0 Å². The molecule has 0 saturated carbocycles. The predicted octanol–water partition coefficient (Wildman–Crippen LogP) is 3.88. The molecule has 0 aliphatic carbocycles. The van der Waals surface area contributed by atoms with Gasteiger partial charge in [-0.3, -0.25) is 4.98 Å². The summed E-state index contributed by atoms with van der Waals surface area (Å²) in [6.45, 7) is 6.09. The molecular weight excluding hydrogens is 214 g/mol. The number of pyridine rings is 1. The van der Waals surface area contributed by atoms with Crippen LogP contribution in [0.1, 0.15) is 29.2 Å². The minimum atomic E-state index is 1.01. The van der Waals surface area contributed by atoms with E-state index in [-0.39, 0.29) is 0 Å². The number of aryl methyl sites for hydroxylation is 1. The molecule has 0 bridgehead atoms. The summed E-state index contributed by atoms with van der Waals surface area (Å²) in [5, 5.41) is 0. The van der Waals surface area contributed by atoms with Crippen molar-refractivity contribution in [3.8, 4) is 11.8 Å². The fourth-order valence-electron chi connectivity index (χ4n) is 1.07. The Balaban J connectivity index is 0.000000606. The highest BCUT2D eigenvalue weighted by atomic mass is 32.1. The van der Waals surface area contributed by atoms with Crippen molar-refractivity contribution in [1.29, 1.82) is 0 Å². The molecule has 0 amide bonds. The number of nitrogens with zero attached hydrogens (tertiary/aromatic N) is 1. The molecule has 1 nitrogen and oxygen atoms in total. The van der Waals surface area contributed by atoms with E-state index in [1.807, 2.05) is 32.0 Å². The average molecular weight is 229 g/mol. The molecule has 0 aliphatic heterocycles. The Morgan fingerprint density at radius 3 is 2.25 bits per heavy atom. The minimum Gasteiger partial charge on any atom is -0.265 e. The predicted molar refractivity (Wildman–Crippen MR) is 70.6 cm³/mol. The zero-order chi connectivity index (χ0) is 11.8. The van der Waals surface area contributed by atoms with Gasteiger partial charge in [0.1, 0.15) is 0 Å². The van der Waals surface area contributed by atoms with E-state index in [0.29, 0.717) is 0 Å². The second-order valence-corrected chi connectivity index (χ2v) is 4.18. The topological polar surface area (TPSA) is 12.9 Å². The van der Waals surface area contributed by atoms with Crippen LogP contribution in [0.2, 0.25) is 0 Å². The van der Waals surface area contributed by atoms with E-state index in [2.05, 4.69) is 29.8 Å². The van der Waals surface area contributed by atoms with Crippen molar-refractivity contribution in [3.05, 3.63) is 52.0 Å². The molecule has 0 unspecified atom stereocenters. The van der Waals surface area contributed by atoms with Crippen molar-refractivity contribution in [1.82, 2.24) is 4.98 Å². The number of hydrogen-bond donors (Lipinski definition) is 0. The van der Waals surface area contributed by atoms with Crippen LogP contribution in [0.3, 0.4) is 0 Å². The number of hydrogen-bond acceptors (Lipinski definition) is 2. The molecule has 2 aromatic rings. The van der Waals surface area contributed by atoms with Crippen LogP contribution in [0.15, 0.2) is 36.7 Å². The molecule has 2 rings (SSSR count). The summed E-state index contributed by atoms with van der Waals surface area (Å²) in [6, 6.07) is 7.95. The molecule has 0 atom stereocenters. The fourth-order valence-corrected chi connectivity index (χ4v) is 1.79. The van der Waals surface area contributed by atoms with Crippen LogP contribution in [-0.2, 0) is 0 Å². The van der Waals surface area contributed by atoms with Crippen molar-refractivity contribution < 1.29 is 0 Å². The summed E-state index contributed by atoms with van der Waals surface area (Å²) >= 11 is 1.72. The second kappa shape index (κ2) is 6.81. The first-order valence-electron chi connectivity index (χ1n) is 5.33. The van der Waals surface area contributed by atoms with Crippen LogP contribution in [0, 0.1) is 18.8 Å². The lowest BCUT2D eigenvalue weighted by Gasteiger charge is -1.84. The van der Waals surface area contributed by atoms with Gasteiger partial charge in [-0.1, -0.05) is 25.7 Å². The zero-order valence-electron chi connectivity index (χ0n) is 9.82. The first-order valence-corrected chi connectivity index (χ1v) is 6.15. The van der Waals surface area contributed by atoms with Gasteiger partial charge in [-0.25, -0.2) is 0 Å². The molecule has 0 aliphatic rings. The standard InChI is InChI=1S/C12H9NS.C2H6/c1-10-2-4-12(14-10)5-3-11-6-8-13-9-7-11;1-2/h2,4,6-9H,1H3;1-2H3. The minimum absolute atomic E-state index is 1.01. The van der Waals surface area contributed by atoms with Crippen LogP contribution in [0.25, 0.3) is 0 Å². The number of rotatable bonds is 0. The van der Waals surface area contributed by atoms with E-state index in [1.54, 1.807) is 23.7 Å². The molecule has 16 heavy (non-hydrogen) atoms. The van der Waals surface area contributed by atoms with E-state index < -0.39 is 0 Å². The largest absolute Gasteiger partial charge is 0.265 e. The molecule has 2 heterocycles. The Bertz CT molecular complexity index is 474. The van der Waals surface area contributed by atoms with Gasteiger partial charge < -0.3 is 0 Å². The van der Waals surface area contributed by atoms with E-state index in [1.165, 1.54) is 4.88 Å². The Morgan fingerprint density at radius 1 is 1.00 bits per heavy atom. The summed E-state index contributed by atoms with van der Waals surface area (Å²) in [4.78, 5) is 6.35. The van der Waals surface area contributed by atoms with Gasteiger partial charge in [-0.15, -0.1) is 11.3 Å². The summed E-state index contributed by atoms with van der Waals surface area (Å²) < 4.78 is 0. The number of aromatic nitrogens is 1. The third-order valence-corrected chi connectivity index (χ3v) is 2.67. The van der Waals surface area contributed by atoms with Crippen LogP contribution >= 0.6 is 11.3 Å². The second-order valence-electron chi connectivity index (χ2n) is 2.90. The van der Waals surface area contributed by atoms with Gasteiger partial charge in [0.25, 0.3) is 0 Å². The molecule has 0 N–H and O–H groups in total. The van der Waals surface area contributed by atoms with Gasteiger partial charge in [0.15, 0.2) is 0 Å². The molecule has 0 aromatic carbocycles. The molecule has 2 heteroatoms. The first kappa shape index (κ1) is 12.5. The lowest BCUT2D eigenvalue weighted by atomic mass is 10.3. The molecule has 0 fully saturated rings. The SMILES string of the molecule is CC.Cc1ccc(C#Cc2ccncc2)s1. The van der Waals surface area contributed by atoms with Gasteiger partial charge >= 0.3 is 0 Å². The Morgan fingerprint density at radius 2 is 1.69 bits per heavy atom. The molecule has 0 spiro atoms. The van der Waals surface area contributed by atoms with Crippen molar-refractivity contribution in [2.24, 2.45) is 0 Å². The normalized spacial score (nSPS) is 8.44. The van der Waals surface area contributed by atoms with Gasteiger partial charge in [-0.2, -0.15) is 0 Å². The summed E-state index contributed by atoms with van der Waals surface area (Å²) in [6.07, 6.45) is 3.51. The molecule has 2 aromatic heterocycles.